The molecule has 1 saturated heterocycles. The van der Waals surface area contributed by atoms with Gasteiger partial charge in [-0.2, -0.15) is 10.2 Å². The summed E-state index contributed by atoms with van der Waals surface area (Å²) in [7, 11) is 0. The van der Waals surface area contributed by atoms with Gasteiger partial charge in [0.25, 0.3) is 0 Å². The van der Waals surface area contributed by atoms with Crippen molar-refractivity contribution in [3.63, 3.8) is 0 Å². The van der Waals surface area contributed by atoms with Crippen LogP contribution in [0.4, 0.5) is 11.8 Å². The molecule has 0 saturated carbocycles. The number of ether oxygens (including phenoxy) is 1. The molecule has 2 aromatic heterocycles. The van der Waals surface area contributed by atoms with E-state index in [0.717, 1.165) is 16.0 Å². The molecule has 2 aromatic rings. The van der Waals surface area contributed by atoms with E-state index in [-0.39, 0.29) is 5.95 Å². The third kappa shape index (κ3) is 1.85. The van der Waals surface area contributed by atoms with Crippen LogP contribution in [0.3, 0.4) is 0 Å². The lowest BCUT2D eigenvalue weighted by Gasteiger charge is -2.31. The minimum Gasteiger partial charge on any atom is -0.368 e. The van der Waals surface area contributed by atoms with Crippen molar-refractivity contribution in [1.29, 1.82) is 5.26 Å². The van der Waals surface area contributed by atoms with Crippen molar-refractivity contribution >= 4 is 33.3 Å². The van der Waals surface area contributed by atoms with Crippen molar-refractivity contribution in [1.82, 2.24) is 9.97 Å². The summed E-state index contributed by atoms with van der Waals surface area (Å²) in [5, 5.41) is 11.9. The maximum absolute atomic E-state index is 8.93. The van der Waals surface area contributed by atoms with Gasteiger partial charge in [-0.1, -0.05) is 0 Å². The molecule has 1 atom stereocenters. The molecule has 1 aliphatic heterocycles. The van der Waals surface area contributed by atoms with Gasteiger partial charge in [-0.25, -0.2) is 4.98 Å². The average Bonchev–Trinajstić information content (AvgIpc) is 2.85. The van der Waals surface area contributed by atoms with E-state index in [4.69, 9.17) is 15.7 Å². The highest BCUT2D eigenvalue weighted by Crippen LogP contribution is 2.29. The molecule has 18 heavy (non-hydrogen) atoms. The Morgan fingerprint density at radius 1 is 1.56 bits per heavy atom. The van der Waals surface area contributed by atoms with Gasteiger partial charge in [0.15, 0.2) is 6.10 Å². The first-order chi connectivity index (χ1) is 8.78. The number of rotatable bonds is 1. The smallest absolute Gasteiger partial charge is 0.223 e. The molecule has 3 heterocycles. The molecule has 0 bridgehead atoms. The molecule has 1 unspecified atom stereocenters. The van der Waals surface area contributed by atoms with E-state index in [1.807, 2.05) is 16.3 Å². The Balaban J connectivity index is 2.03. The Hall–Kier alpha value is -1.91. The molecule has 0 spiro atoms. The maximum Gasteiger partial charge on any atom is 0.223 e. The van der Waals surface area contributed by atoms with Gasteiger partial charge in [0.1, 0.15) is 10.6 Å². The van der Waals surface area contributed by atoms with Gasteiger partial charge >= 0.3 is 0 Å². The predicted octanol–water partition coefficient (Wildman–Crippen LogP) is 1.00. The highest BCUT2D eigenvalue weighted by Gasteiger charge is 2.23. The Kier molecular flexibility index (Phi) is 2.74. The van der Waals surface area contributed by atoms with Crippen molar-refractivity contribution in [2.45, 2.75) is 6.10 Å². The number of fused-ring (bicyclic) bond motifs is 1. The van der Waals surface area contributed by atoms with Crippen LogP contribution in [0.15, 0.2) is 11.4 Å². The summed E-state index contributed by atoms with van der Waals surface area (Å²) in [5.74, 6) is 1.06. The molecule has 0 aromatic carbocycles. The quantitative estimate of drug-likeness (QED) is 0.824. The van der Waals surface area contributed by atoms with Gasteiger partial charge in [-0.15, -0.1) is 11.3 Å². The number of hydrogen-bond donors (Lipinski definition) is 1. The third-order valence-corrected chi connectivity index (χ3v) is 3.64. The van der Waals surface area contributed by atoms with E-state index in [1.165, 1.54) is 11.3 Å². The Morgan fingerprint density at radius 2 is 2.44 bits per heavy atom. The van der Waals surface area contributed by atoms with Crippen LogP contribution >= 0.6 is 11.3 Å². The largest absolute Gasteiger partial charge is 0.368 e. The molecule has 2 N–H and O–H groups in total. The Bertz CT molecular complexity index is 619. The van der Waals surface area contributed by atoms with Crippen molar-refractivity contribution < 1.29 is 4.74 Å². The molecule has 6 nitrogen and oxygen atoms in total. The zero-order chi connectivity index (χ0) is 12.5. The number of hydrogen-bond acceptors (Lipinski definition) is 7. The molecule has 1 fully saturated rings. The van der Waals surface area contributed by atoms with E-state index in [1.54, 1.807) is 0 Å². The molecular formula is C11H11N5OS. The standard InChI is InChI=1S/C11H11N5OS/c12-5-7-6-16(2-3-17-7)9-8-1-4-18-10(8)15-11(13)14-9/h1,4,7H,2-3,6H2,(H2,13,14,15). The number of thiophene rings is 1. The summed E-state index contributed by atoms with van der Waals surface area (Å²) in [4.78, 5) is 11.4. The monoisotopic (exact) mass is 261 g/mol. The fourth-order valence-electron chi connectivity index (χ4n) is 2.02. The first-order valence-corrected chi connectivity index (χ1v) is 6.43. The fraction of sp³-hybridized carbons (Fsp3) is 0.364. The van der Waals surface area contributed by atoms with Gasteiger partial charge in [-0.05, 0) is 11.4 Å². The highest BCUT2D eigenvalue weighted by molar-refractivity contribution is 7.16. The van der Waals surface area contributed by atoms with Gasteiger partial charge in [-0.3, -0.25) is 0 Å². The number of nitriles is 1. The molecule has 3 rings (SSSR count). The van der Waals surface area contributed by atoms with Gasteiger partial charge in [0, 0.05) is 6.54 Å². The number of nitrogens with two attached hydrogens (primary N) is 1. The van der Waals surface area contributed by atoms with Crippen LogP contribution < -0.4 is 10.6 Å². The summed E-state index contributed by atoms with van der Waals surface area (Å²) >= 11 is 1.53. The zero-order valence-electron chi connectivity index (χ0n) is 9.54. The van der Waals surface area contributed by atoms with Crippen molar-refractivity contribution in [3.05, 3.63) is 11.4 Å². The second-order valence-electron chi connectivity index (χ2n) is 3.98. The lowest BCUT2D eigenvalue weighted by atomic mass is 10.2. The van der Waals surface area contributed by atoms with Gasteiger partial charge in [0.05, 0.1) is 24.6 Å². The first kappa shape index (κ1) is 11.2. The summed E-state index contributed by atoms with van der Waals surface area (Å²) in [6.45, 7) is 1.74. The minimum atomic E-state index is -0.413. The number of nitrogen functional groups attached to an aromatic ring is 1. The van der Waals surface area contributed by atoms with Crippen LogP contribution in [0.1, 0.15) is 0 Å². The van der Waals surface area contributed by atoms with Gasteiger partial charge < -0.3 is 15.4 Å². The summed E-state index contributed by atoms with van der Waals surface area (Å²) in [6, 6.07) is 4.10. The van der Waals surface area contributed by atoms with Crippen LogP contribution in [-0.2, 0) is 4.74 Å². The summed E-state index contributed by atoms with van der Waals surface area (Å²) in [6.07, 6.45) is -0.413. The highest BCUT2D eigenvalue weighted by atomic mass is 32.1. The van der Waals surface area contributed by atoms with E-state index in [2.05, 4.69) is 16.0 Å². The number of nitrogens with zero attached hydrogens (tertiary/aromatic N) is 4. The van der Waals surface area contributed by atoms with E-state index < -0.39 is 6.10 Å². The summed E-state index contributed by atoms with van der Waals surface area (Å²) in [5.41, 5.74) is 5.72. The third-order valence-electron chi connectivity index (χ3n) is 2.83. The van der Waals surface area contributed by atoms with E-state index in [9.17, 15) is 0 Å². The van der Waals surface area contributed by atoms with Crippen molar-refractivity contribution in [2.75, 3.05) is 30.3 Å². The number of anilines is 2. The van der Waals surface area contributed by atoms with Crippen LogP contribution in [0.5, 0.6) is 0 Å². The normalized spacial score (nSPS) is 19.9. The Morgan fingerprint density at radius 3 is 3.28 bits per heavy atom. The molecular weight excluding hydrogens is 250 g/mol. The van der Waals surface area contributed by atoms with Crippen LogP contribution in [0, 0.1) is 11.3 Å². The number of morpholine rings is 1. The first-order valence-electron chi connectivity index (χ1n) is 5.55. The van der Waals surface area contributed by atoms with Crippen molar-refractivity contribution in [3.8, 4) is 6.07 Å². The fourth-order valence-corrected chi connectivity index (χ4v) is 2.78. The molecule has 0 aliphatic carbocycles. The molecule has 0 radical (unpaired) electrons. The van der Waals surface area contributed by atoms with Crippen LogP contribution in [0.25, 0.3) is 10.2 Å². The van der Waals surface area contributed by atoms with E-state index in [0.29, 0.717) is 19.7 Å². The van der Waals surface area contributed by atoms with Gasteiger partial charge in [0.2, 0.25) is 5.95 Å². The summed E-state index contributed by atoms with van der Waals surface area (Å²) < 4.78 is 5.33. The molecule has 92 valence electrons. The van der Waals surface area contributed by atoms with Crippen LogP contribution in [0.2, 0.25) is 0 Å². The topological polar surface area (TPSA) is 88.1 Å². The second kappa shape index (κ2) is 4.40. The lowest BCUT2D eigenvalue weighted by molar-refractivity contribution is 0.0763. The second-order valence-corrected chi connectivity index (χ2v) is 4.87. The Labute approximate surface area is 108 Å². The predicted molar refractivity (Wildman–Crippen MR) is 69.4 cm³/mol. The van der Waals surface area contributed by atoms with Crippen molar-refractivity contribution in [2.24, 2.45) is 0 Å². The van der Waals surface area contributed by atoms with Crippen LogP contribution in [-0.4, -0.2) is 35.8 Å². The maximum atomic E-state index is 8.93. The molecule has 1 aliphatic rings. The molecule has 7 heteroatoms. The SMILES string of the molecule is N#CC1CN(c2nc(N)nc3sccc23)CCO1. The lowest BCUT2D eigenvalue weighted by Crippen LogP contribution is -2.42. The average molecular weight is 261 g/mol. The zero-order valence-corrected chi connectivity index (χ0v) is 10.4. The molecule has 0 amide bonds. The van der Waals surface area contributed by atoms with E-state index >= 15 is 0 Å². The minimum absolute atomic E-state index is 0.264. The number of aromatic nitrogens is 2.